The highest BCUT2D eigenvalue weighted by atomic mass is 16.7. The molecule has 0 bridgehead atoms. The molecule has 0 aliphatic carbocycles. The van der Waals surface area contributed by atoms with Crippen molar-refractivity contribution in [2.45, 2.75) is 50.5 Å². The molecule has 3 aromatic carbocycles. The lowest BCUT2D eigenvalue weighted by Gasteiger charge is -2.43. The number of hydrogen-bond acceptors (Lipinski definition) is 6. The molecule has 180 valence electrons. The first kappa shape index (κ1) is 20.8. The van der Waals surface area contributed by atoms with Gasteiger partial charge in [0.05, 0.1) is 30.5 Å². The Morgan fingerprint density at radius 3 is 1.71 bits per heavy atom. The van der Waals surface area contributed by atoms with Crippen LogP contribution in [-0.2, 0) is 43.4 Å². The molecular weight excluding hydrogens is 432 g/mol. The predicted molar refractivity (Wildman–Crippen MR) is 128 cm³/mol. The SMILES string of the molecule is [2H]C(OC[C@H]1OC(OC)[C@H](O)[C@@H](OC([2H])c2ccccc2)[C@@H]1OC([2H])c1ccccc1)c1ccccc1. The van der Waals surface area contributed by atoms with Gasteiger partial charge in [-0.15, -0.1) is 0 Å². The zero-order valence-electron chi connectivity index (χ0n) is 22.0. The highest BCUT2D eigenvalue weighted by Gasteiger charge is 2.47. The zero-order valence-corrected chi connectivity index (χ0v) is 19.0. The van der Waals surface area contributed by atoms with Crippen molar-refractivity contribution in [1.29, 1.82) is 0 Å². The lowest BCUT2D eigenvalue weighted by molar-refractivity contribution is -0.313. The maximum Gasteiger partial charge on any atom is 0.186 e. The van der Waals surface area contributed by atoms with Gasteiger partial charge >= 0.3 is 0 Å². The molecule has 4 unspecified atom stereocenters. The molecule has 8 atom stereocenters. The summed E-state index contributed by atoms with van der Waals surface area (Å²) in [5.74, 6) is 0. The minimum atomic E-state index is -1.30. The van der Waals surface area contributed by atoms with Gasteiger partial charge < -0.3 is 28.8 Å². The Morgan fingerprint density at radius 1 is 0.735 bits per heavy atom. The summed E-state index contributed by atoms with van der Waals surface area (Å²) >= 11 is 0. The summed E-state index contributed by atoms with van der Waals surface area (Å²) in [6, 6.07) is 27.1. The predicted octanol–water partition coefficient (Wildman–Crippen LogP) is 4.11. The van der Waals surface area contributed by atoms with Crippen LogP contribution in [0.1, 0.15) is 20.8 Å². The van der Waals surface area contributed by atoms with Gasteiger partial charge in [0.1, 0.15) is 24.4 Å². The molecule has 0 radical (unpaired) electrons. The van der Waals surface area contributed by atoms with E-state index in [1.165, 1.54) is 7.11 Å². The lowest BCUT2D eigenvalue weighted by Crippen LogP contribution is -2.60. The summed E-state index contributed by atoms with van der Waals surface area (Å²) in [4.78, 5) is 0. The van der Waals surface area contributed by atoms with Crippen LogP contribution in [0.5, 0.6) is 0 Å². The second-order valence-corrected chi connectivity index (χ2v) is 7.89. The fourth-order valence-corrected chi connectivity index (χ4v) is 3.69. The first-order chi connectivity index (χ1) is 18.0. The maximum absolute atomic E-state index is 11.1. The van der Waals surface area contributed by atoms with Gasteiger partial charge in [0, 0.05) is 7.11 Å². The second-order valence-electron chi connectivity index (χ2n) is 7.89. The maximum atomic E-state index is 11.1. The molecule has 0 saturated carbocycles. The Bertz CT molecular complexity index is 1060. The van der Waals surface area contributed by atoms with E-state index in [1.807, 2.05) is 42.5 Å². The normalized spacial score (nSPS) is 28.8. The summed E-state index contributed by atoms with van der Waals surface area (Å²) in [6.07, 6.45) is -5.31. The Balaban J connectivity index is 1.58. The van der Waals surface area contributed by atoms with Crippen LogP contribution < -0.4 is 0 Å². The van der Waals surface area contributed by atoms with Crippen LogP contribution in [0, 0.1) is 0 Å². The van der Waals surface area contributed by atoms with Gasteiger partial charge in [0.2, 0.25) is 0 Å². The molecule has 6 nitrogen and oxygen atoms in total. The van der Waals surface area contributed by atoms with Gasteiger partial charge in [-0.3, -0.25) is 0 Å². The van der Waals surface area contributed by atoms with Crippen LogP contribution >= 0.6 is 0 Å². The molecular formula is C28H32O6. The molecule has 4 rings (SSSR count). The fourth-order valence-electron chi connectivity index (χ4n) is 3.69. The molecule has 1 aliphatic rings. The van der Waals surface area contributed by atoms with E-state index in [-0.39, 0.29) is 6.61 Å². The van der Waals surface area contributed by atoms with Crippen molar-refractivity contribution >= 4 is 0 Å². The molecule has 1 aliphatic heterocycles. The number of aliphatic hydroxyl groups is 1. The molecule has 0 amide bonds. The van der Waals surface area contributed by atoms with E-state index in [0.29, 0.717) is 16.7 Å². The van der Waals surface area contributed by atoms with Gasteiger partial charge in [-0.2, -0.15) is 0 Å². The van der Waals surface area contributed by atoms with Crippen molar-refractivity contribution in [2.75, 3.05) is 13.7 Å². The Kier molecular flexibility index (Phi) is 7.79. The third kappa shape index (κ3) is 6.73. The van der Waals surface area contributed by atoms with Crippen molar-refractivity contribution in [2.24, 2.45) is 0 Å². The molecule has 6 heteroatoms. The van der Waals surface area contributed by atoms with Gasteiger partial charge in [-0.25, -0.2) is 0 Å². The molecule has 1 fully saturated rings. The molecule has 3 aromatic rings. The Morgan fingerprint density at radius 2 is 1.21 bits per heavy atom. The van der Waals surface area contributed by atoms with Crippen molar-refractivity contribution in [3.63, 3.8) is 0 Å². The summed E-state index contributed by atoms with van der Waals surface area (Å²) in [7, 11) is 1.40. The average molecular weight is 468 g/mol. The van der Waals surface area contributed by atoms with Gasteiger partial charge in [-0.1, -0.05) is 91.0 Å². The lowest BCUT2D eigenvalue weighted by atomic mass is 9.98. The van der Waals surface area contributed by atoms with E-state index < -0.39 is 50.5 Å². The number of methoxy groups -OCH3 is 1. The second kappa shape index (κ2) is 12.8. The standard InChI is InChI=1S/C28H32O6/c1-30-28-25(29)27(33-19-23-15-9-4-10-16-23)26(32-18-22-13-7-3-8-14-22)24(34-28)20-31-17-21-11-5-2-6-12-21/h2-16,24-29H,17-20H2,1H3/t24-,25-,26-,27-,28?/m1/s1/i17D,18D,19D/t17?,18?,19?,24-,25-,26-,27-,28?. The van der Waals surface area contributed by atoms with E-state index in [4.69, 9.17) is 27.8 Å². The van der Waals surface area contributed by atoms with E-state index in [9.17, 15) is 5.11 Å². The number of aliphatic hydroxyl groups excluding tert-OH is 1. The van der Waals surface area contributed by atoms with Crippen LogP contribution in [0.15, 0.2) is 91.0 Å². The molecule has 34 heavy (non-hydrogen) atoms. The number of benzene rings is 3. The van der Waals surface area contributed by atoms with Crippen molar-refractivity contribution in [3.8, 4) is 0 Å². The summed E-state index contributed by atoms with van der Waals surface area (Å²) < 4.78 is 54.9. The quantitative estimate of drug-likeness (QED) is 0.458. The largest absolute Gasteiger partial charge is 0.385 e. The van der Waals surface area contributed by atoms with Crippen LogP contribution in [0.3, 0.4) is 0 Å². The topological polar surface area (TPSA) is 66.4 Å². The van der Waals surface area contributed by atoms with E-state index in [2.05, 4.69) is 0 Å². The van der Waals surface area contributed by atoms with Crippen LogP contribution in [0.25, 0.3) is 0 Å². The zero-order chi connectivity index (χ0) is 26.2. The summed E-state index contributed by atoms with van der Waals surface area (Å²) in [6.45, 7) is -3.31. The first-order valence-electron chi connectivity index (χ1n) is 12.9. The van der Waals surface area contributed by atoms with Crippen LogP contribution in [0.4, 0.5) is 0 Å². The number of hydrogen-bond donors (Lipinski definition) is 1. The third-order valence-electron chi connectivity index (χ3n) is 5.45. The van der Waals surface area contributed by atoms with Crippen molar-refractivity contribution in [3.05, 3.63) is 108 Å². The smallest absolute Gasteiger partial charge is 0.186 e. The summed E-state index contributed by atoms with van der Waals surface area (Å²) in [5, 5.41) is 11.1. The highest BCUT2D eigenvalue weighted by molar-refractivity contribution is 5.15. The van der Waals surface area contributed by atoms with Crippen molar-refractivity contribution in [1.82, 2.24) is 0 Å². The van der Waals surface area contributed by atoms with Gasteiger partial charge in [-0.05, 0) is 16.7 Å². The molecule has 1 N–H and O–H groups in total. The third-order valence-corrected chi connectivity index (χ3v) is 5.45. The monoisotopic (exact) mass is 467 g/mol. The minimum absolute atomic E-state index is 0.0876. The van der Waals surface area contributed by atoms with Crippen LogP contribution in [-0.4, -0.2) is 49.5 Å². The average Bonchev–Trinajstić information content (AvgIpc) is 2.95. The van der Waals surface area contributed by atoms with E-state index >= 15 is 0 Å². The van der Waals surface area contributed by atoms with Gasteiger partial charge in [0.15, 0.2) is 6.29 Å². The first-order valence-corrected chi connectivity index (χ1v) is 11.2. The number of rotatable bonds is 11. The summed E-state index contributed by atoms with van der Waals surface area (Å²) in [5.41, 5.74) is 1.88. The Labute approximate surface area is 205 Å². The number of ether oxygens (including phenoxy) is 5. The fraction of sp³-hybridized carbons (Fsp3) is 0.357. The van der Waals surface area contributed by atoms with Crippen molar-refractivity contribution < 1.29 is 32.9 Å². The Hall–Kier alpha value is -2.58. The molecule has 0 aromatic heterocycles. The van der Waals surface area contributed by atoms with E-state index in [1.54, 1.807) is 48.5 Å². The molecule has 0 spiro atoms. The van der Waals surface area contributed by atoms with Crippen LogP contribution in [0.2, 0.25) is 0 Å². The van der Waals surface area contributed by atoms with E-state index in [0.717, 1.165) is 0 Å². The van der Waals surface area contributed by atoms with Gasteiger partial charge in [0.25, 0.3) is 0 Å². The molecule has 1 saturated heterocycles. The highest BCUT2D eigenvalue weighted by Crippen LogP contribution is 2.28. The molecule has 1 heterocycles. The minimum Gasteiger partial charge on any atom is -0.385 e.